The summed E-state index contributed by atoms with van der Waals surface area (Å²) in [7, 11) is 0. The lowest BCUT2D eigenvalue weighted by molar-refractivity contribution is 0.0222. The number of ether oxygens (including phenoxy) is 1. The Hall–Kier alpha value is -4.21. The first-order valence-electron chi connectivity index (χ1n) is 12.3. The van der Waals surface area contributed by atoms with Gasteiger partial charge in [0.1, 0.15) is 16.9 Å². The number of imidazole rings is 1. The summed E-state index contributed by atoms with van der Waals surface area (Å²) in [5.74, 6) is 0.602. The number of hydrogen-bond acceptors (Lipinski definition) is 7. The lowest BCUT2D eigenvalue weighted by Crippen LogP contribution is -2.40. The number of rotatable bonds is 5. The van der Waals surface area contributed by atoms with Crippen LogP contribution in [0.3, 0.4) is 0 Å². The summed E-state index contributed by atoms with van der Waals surface area (Å²) < 4.78 is 12.8. The molecule has 4 heterocycles. The molecule has 1 fully saturated rings. The van der Waals surface area contributed by atoms with Crippen molar-refractivity contribution in [2.24, 2.45) is 0 Å². The van der Waals surface area contributed by atoms with Gasteiger partial charge in [-0.3, -0.25) is 9.20 Å². The monoisotopic (exact) mass is 502 g/mol. The number of nitrogens with one attached hydrogen (secondary N) is 1. The molecule has 0 aliphatic carbocycles. The summed E-state index contributed by atoms with van der Waals surface area (Å²) in [6, 6.07) is 11.1. The Morgan fingerprint density at radius 1 is 1.22 bits per heavy atom. The fourth-order valence-corrected chi connectivity index (χ4v) is 4.45. The molecule has 192 valence electrons. The van der Waals surface area contributed by atoms with E-state index in [2.05, 4.69) is 20.4 Å². The van der Waals surface area contributed by atoms with Crippen molar-refractivity contribution in [3.05, 3.63) is 65.9 Å². The zero-order chi connectivity index (χ0) is 26.2. The van der Waals surface area contributed by atoms with Crippen LogP contribution in [0.4, 0.5) is 10.5 Å². The van der Waals surface area contributed by atoms with Gasteiger partial charge in [-0.2, -0.15) is 4.98 Å². The van der Waals surface area contributed by atoms with Crippen molar-refractivity contribution >= 4 is 23.3 Å². The number of likely N-dealkylation sites (tertiary alicyclic amines) is 1. The minimum Gasteiger partial charge on any atom is -0.444 e. The number of aryl methyl sites for hydroxylation is 1. The van der Waals surface area contributed by atoms with E-state index in [1.807, 2.05) is 64.1 Å². The molecule has 1 N–H and O–H groups in total. The number of fused-ring (bicyclic) bond motifs is 1. The van der Waals surface area contributed by atoms with Gasteiger partial charge < -0.3 is 19.5 Å². The molecule has 1 saturated heterocycles. The Bertz CT molecular complexity index is 1450. The molecule has 37 heavy (non-hydrogen) atoms. The topological polar surface area (TPSA) is 115 Å². The van der Waals surface area contributed by atoms with Crippen LogP contribution in [0.1, 0.15) is 55.6 Å². The average molecular weight is 503 g/mol. The lowest BCUT2D eigenvalue weighted by atomic mass is 10.1. The number of benzene rings is 1. The highest BCUT2D eigenvalue weighted by molar-refractivity contribution is 6.04. The van der Waals surface area contributed by atoms with Crippen LogP contribution in [0, 0.1) is 6.92 Å². The summed E-state index contributed by atoms with van der Waals surface area (Å²) in [5.41, 5.74) is 2.84. The Morgan fingerprint density at radius 3 is 2.86 bits per heavy atom. The summed E-state index contributed by atoms with van der Waals surface area (Å²) in [6.45, 7) is 8.14. The van der Waals surface area contributed by atoms with Crippen LogP contribution < -0.4 is 5.32 Å². The summed E-state index contributed by atoms with van der Waals surface area (Å²) in [5, 5.41) is 7.12. The van der Waals surface area contributed by atoms with E-state index in [1.165, 1.54) is 0 Å². The number of aromatic nitrogens is 4. The fraction of sp³-hybridized carbons (Fsp3) is 0.370. The van der Waals surface area contributed by atoms with Crippen molar-refractivity contribution in [1.82, 2.24) is 24.4 Å². The van der Waals surface area contributed by atoms with Gasteiger partial charge in [-0.15, -0.1) is 0 Å². The summed E-state index contributed by atoms with van der Waals surface area (Å²) in [6.07, 6.45) is 5.24. The Balaban J connectivity index is 1.30. The Labute approximate surface area is 214 Å². The van der Waals surface area contributed by atoms with Gasteiger partial charge in [0, 0.05) is 36.5 Å². The van der Waals surface area contributed by atoms with Crippen molar-refractivity contribution in [1.29, 1.82) is 0 Å². The van der Waals surface area contributed by atoms with Gasteiger partial charge in [-0.25, -0.2) is 9.78 Å². The molecule has 1 aromatic carbocycles. The number of hydrogen-bond donors (Lipinski definition) is 1. The zero-order valence-corrected chi connectivity index (χ0v) is 21.4. The van der Waals surface area contributed by atoms with Gasteiger partial charge in [-0.1, -0.05) is 23.4 Å². The van der Waals surface area contributed by atoms with Crippen LogP contribution in [0.2, 0.25) is 0 Å². The van der Waals surface area contributed by atoms with Crippen LogP contribution in [0.15, 0.2) is 53.3 Å². The predicted molar refractivity (Wildman–Crippen MR) is 137 cm³/mol. The molecule has 0 saturated carbocycles. The van der Waals surface area contributed by atoms with Crippen LogP contribution in [-0.2, 0) is 11.2 Å². The highest BCUT2D eigenvalue weighted by Crippen LogP contribution is 2.27. The number of amides is 2. The van der Waals surface area contributed by atoms with Gasteiger partial charge in [0.05, 0.1) is 6.20 Å². The lowest BCUT2D eigenvalue weighted by Gasteiger charge is -2.28. The predicted octanol–water partition coefficient (Wildman–Crippen LogP) is 4.89. The van der Waals surface area contributed by atoms with Crippen LogP contribution in [0.5, 0.6) is 0 Å². The van der Waals surface area contributed by atoms with Crippen molar-refractivity contribution in [3.63, 3.8) is 0 Å². The molecule has 0 bridgehead atoms. The molecular formula is C27H30N6O4. The number of nitrogens with zero attached hydrogens (tertiary/aromatic N) is 5. The van der Waals surface area contributed by atoms with E-state index in [1.54, 1.807) is 21.7 Å². The molecule has 0 radical (unpaired) electrons. The van der Waals surface area contributed by atoms with Crippen molar-refractivity contribution in [3.8, 4) is 11.4 Å². The molecule has 2 amide bonds. The number of pyridine rings is 1. The third-order valence-electron chi connectivity index (χ3n) is 6.28. The van der Waals surface area contributed by atoms with Crippen molar-refractivity contribution < 1.29 is 18.8 Å². The van der Waals surface area contributed by atoms with E-state index >= 15 is 0 Å². The first-order chi connectivity index (χ1) is 17.7. The average Bonchev–Trinajstić information content (AvgIpc) is 3.59. The maximum Gasteiger partial charge on any atom is 0.410 e. The standard InChI is InChI=1S/C27H30N6O4/c1-17-10-11-18(14-20(17)29-25(34)21-16-28-22-9-5-6-12-33(21)22)24-30-23(37-31-24)15-19-8-7-13-32(19)26(35)36-27(2,3)4/h5-6,9-12,14,16,19H,7-8,13,15H2,1-4H3,(H,29,34). The second kappa shape index (κ2) is 9.68. The van der Waals surface area contributed by atoms with E-state index < -0.39 is 5.60 Å². The molecular weight excluding hydrogens is 472 g/mol. The molecule has 0 spiro atoms. The van der Waals surface area contributed by atoms with E-state index in [9.17, 15) is 9.59 Å². The maximum atomic E-state index is 13.0. The van der Waals surface area contributed by atoms with Crippen molar-refractivity contribution in [2.45, 2.75) is 58.6 Å². The zero-order valence-electron chi connectivity index (χ0n) is 21.4. The Morgan fingerprint density at radius 2 is 2.05 bits per heavy atom. The largest absolute Gasteiger partial charge is 0.444 e. The Kier molecular flexibility index (Phi) is 6.41. The quantitative estimate of drug-likeness (QED) is 0.413. The highest BCUT2D eigenvalue weighted by Gasteiger charge is 2.33. The number of carbonyl (C=O) groups is 2. The molecule has 5 rings (SSSR count). The molecule has 4 aromatic rings. The van der Waals surface area contributed by atoms with Crippen molar-refractivity contribution in [2.75, 3.05) is 11.9 Å². The second-order valence-corrected chi connectivity index (χ2v) is 10.2. The fourth-order valence-electron chi connectivity index (χ4n) is 4.45. The SMILES string of the molecule is Cc1ccc(-c2noc(CC3CCCN3C(=O)OC(C)(C)C)n2)cc1NC(=O)c1cnc2ccccn12. The molecule has 3 aromatic heterocycles. The molecule has 10 heteroatoms. The molecule has 1 atom stereocenters. The molecule has 10 nitrogen and oxygen atoms in total. The van der Waals surface area contributed by atoms with Gasteiger partial charge in [0.15, 0.2) is 0 Å². The van der Waals surface area contributed by atoms with Gasteiger partial charge >= 0.3 is 6.09 Å². The first-order valence-corrected chi connectivity index (χ1v) is 12.3. The first kappa shape index (κ1) is 24.5. The highest BCUT2D eigenvalue weighted by atomic mass is 16.6. The van der Waals surface area contributed by atoms with Crippen LogP contribution in [-0.4, -0.2) is 54.6 Å². The van der Waals surface area contributed by atoms with E-state index in [0.29, 0.717) is 47.3 Å². The number of carbonyl (C=O) groups excluding carboxylic acids is 2. The minimum atomic E-state index is -0.550. The third-order valence-corrected chi connectivity index (χ3v) is 6.28. The minimum absolute atomic E-state index is 0.0542. The molecule has 1 aliphatic rings. The summed E-state index contributed by atoms with van der Waals surface area (Å²) >= 11 is 0. The van der Waals surface area contributed by atoms with Gasteiger partial charge in [0.2, 0.25) is 11.7 Å². The van der Waals surface area contributed by atoms with E-state index in [0.717, 1.165) is 18.4 Å². The van der Waals surface area contributed by atoms with E-state index in [4.69, 9.17) is 9.26 Å². The summed E-state index contributed by atoms with van der Waals surface area (Å²) in [4.78, 5) is 36.2. The van der Waals surface area contributed by atoms with Gasteiger partial charge in [0.25, 0.3) is 5.91 Å². The normalized spacial score (nSPS) is 15.8. The molecule has 1 unspecified atom stereocenters. The maximum absolute atomic E-state index is 13.0. The van der Waals surface area contributed by atoms with Crippen LogP contribution >= 0.6 is 0 Å². The smallest absolute Gasteiger partial charge is 0.410 e. The molecule has 1 aliphatic heterocycles. The van der Waals surface area contributed by atoms with Gasteiger partial charge in [-0.05, 0) is 64.3 Å². The second-order valence-electron chi connectivity index (χ2n) is 10.2. The number of anilines is 1. The van der Waals surface area contributed by atoms with Crippen LogP contribution in [0.25, 0.3) is 17.0 Å². The third kappa shape index (κ3) is 5.32. The van der Waals surface area contributed by atoms with E-state index in [-0.39, 0.29) is 18.0 Å².